The fraction of sp³-hybridized carbons (Fsp3) is 0.500. The Balaban J connectivity index is 2.30. The Morgan fingerprint density at radius 1 is 1.61 bits per heavy atom. The minimum atomic E-state index is -1.06. The molecule has 1 aromatic heterocycles. The van der Waals surface area contributed by atoms with Gasteiger partial charge in [0.05, 0.1) is 18.0 Å². The van der Waals surface area contributed by atoms with Crippen molar-refractivity contribution in [3.63, 3.8) is 0 Å². The molecule has 1 saturated heterocycles. The van der Waals surface area contributed by atoms with Crippen LogP contribution in [-0.4, -0.2) is 40.4 Å². The van der Waals surface area contributed by atoms with Crippen LogP contribution in [0.2, 0.25) is 0 Å². The molecule has 2 rings (SSSR count). The number of carboxylic acids is 1. The van der Waals surface area contributed by atoms with Gasteiger partial charge in [0, 0.05) is 13.1 Å². The Morgan fingerprint density at radius 3 is 2.94 bits per heavy atom. The molecule has 6 heteroatoms. The second-order valence-electron chi connectivity index (χ2n) is 4.72. The van der Waals surface area contributed by atoms with Gasteiger partial charge in [0.25, 0.3) is 0 Å². The van der Waals surface area contributed by atoms with Gasteiger partial charge in [0.1, 0.15) is 11.4 Å². The zero-order valence-corrected chi connectivity index (χ0v) is 10.2. The number of nitrogens with zero attached hydrogens (tertiary/aromatic N) is 2. The molecule has 0 spiro atoms. The first-order valence-electron chi connectivity index (χ1n) is 5.91. The number of β-amino-alcohol motifs (C(OH)–C–C–N with tert-alkyl or cyclic N) is 1. The van der Waals surface area contributed by atoms with Crippen LogP contribution < -0.4 is 10.6 Å². The number of piperidine rings is 1. The molecule has 1 fully saturated rings. The van der Waals surface area contributed by atoms with Gasteiger partial charge >= 0.3 is 5.97 Å². The smallest absolute Gasteiger partial charge is 0.339 e. The first-order valence-corrected chi connectivity index (χ1v) is 5.91. The number of carboxylic acid groups (broad SMARTS) is 1. The third-order valence-corrected chi connectivity index (χ3v) is 3.34. The van der Waals surface area contributed by atoms with E-state index in [1.54, 1.807) is 4.90 Å². The number of rotatable bonds is 2. The van der Waals surface area contributed by atoms with Crippen molar-refractivity contribution in [3.05, 3.63) is 17.8 Å². The Hall–Kier alpha value is -1.82. The van der Waals surface area contributed by atoms with Crippen molar-refractivity contribution in [1.29, 1.82) is 0 Å². The largest absolute Gasteiger partial charge is 0.478 e. The number of nitrogens with two attached hydrogens (primary N) is 1. The number of aliphatic hydroxyl groups excluding tert-OH is 1. The summed E-state index contributed by atoms with van der Waals surface area (Å²) in [6.07, 6.45) is 1.79. The van der Waals surface area contributed by atoms with Crippen molar-refractivity contribution < 1.29 is 15.0 Å². The predicted molar refractivity (Wildman–Crippen MR) is 67.6 cm³/mol. The summed E-state index contributed by atoms with van der Waals surface area (Å²) < 4.78 is 0. The number of carbonyl (C=O) groups is 1. The standard InChI is InChI=1S/C12H17N3O3/c1-7-2-3-15(6-10(7)16)11-9(12(17)18)4-8(13)5-14-11/h4-5,7,10,16H,2-3,6,13H2,1H3,(H,17,18). The number of pyridine rings is 1. The van der Waals surface area contributed by atoms with Gasteiger partial charge in [-0.05, 0) is 18.4 Å². The van der Waals surface area contributed by atoms with Gasteiger partial charge in [-0.2, -0.15) is 0 Å². The van der Waals surface area contributed by atoms with Crippen molar-refractivity contribution in [2.45, 2.75) is 19.4 Å². The van der Waals surface area contributed by atoms with E-state index in [0.717, 1.165) is 6.42 Å². The maximum atomic E-state index is 11.2. The second-order valence-corrected chi connectivity index (χ2v) is 4.72. The number of aromatic nitrogens is 1. The van der Waals surface area contributed by atoms with Crippen molar-refractivity contribution in [1.82, 2.24) is 4.98 Å². The van der Waals surface area contributed by atoms with Gasteiger partial charge in [0.15, 0.2) is 0 Å². The number of anilines is 2. The van der Waals surface area contributed by atoms with Crippen LogP contribution in [0.4, 0.5) is 11.5 Å². The van der Waals surface area contributed by atoms with E-state index in [9.17, 15) is 9.90 Å². The molecular formula is C12H17N3O3. The van der Waals surface area contributed by atoms with Crippen LogP contribution in [0.5, 0.6) is 0 Å². The lowest BCUT2D eigenvalue weighted by Gasteiger charge is -2.35. The van der Waals surface area contributed by atoms with Crippen molar-refractivity contribution in [2.24, 2.45) is 5.92 Å². The third kappa shape index (κ3) is 2.38. The number of hydrogen-bond donors (Lipinski definition) is 3. The summed E-state index contributed by atoms with van der Waals surface area (Å²) in [5.74, 6) is -0.455. The molecule has 6 nitrogen and oxygen atoms in total. The topological polar surface area (TPSA) is 99.7 Å². The number of hydrogen-bond acceptors (Lipinski definition) is 5. The summed E-state index contributed by atoms with van der Waals surface area (Å²) in [7, 11) is 0. The van der Waals surface area contributed by atoms with Crippen LogP contribution in [0.15, 0.2) is 12.3 Å². The SMILES string of the molecule is CC1CCN(c2ncc(N)cc2C(=O)O)CC1O. The lowest BCUT2D eigenvalue weighted by atomic mass is 9.96. The summed E-state index contributed by atoms with van der Waals surface area (Å²) in [6.45, 7) is 3.07. The van der Waals surface area contributed by atoms with Gasteiger partial charge in [-0.3, -0.25) is 0 Å². The molecule has 0 amide bonds. The highest BCUT2D eigenvalue weighted by atomic mass is 16.4. The predicted octanol–water partition coefficient (Wildman–Crippen LogP) is 0.569. The molecule has 2 atom stereocenters. The average Bonchev–Trinajstić information content (AvgIpc) is 2.32. The second kappa shape index (κ2) is 4.81. The van der Waals surface area contributed by atoms with E-state index in [1.807, 2.05) is 6.92 Å². The molecule has 98 valence electrons. The number of aromatic carboxylic acids is 1. The highest BCUT2D eigenvalue weighted by Crippen LogP contribution is 2.25. The first-order chi connectivity index (χ1) is 8.49. The molecule has 2 unspecified atom stereocenters. The van der Waals surface area contributed by atoms with E-state index in [-0.39, 0.29) is 11.5 Å². The monoisotopic (exact) mass is 251 g/mol. The molecule has 4 N–H and O–H groups in total. The molecule has 2 heterocycles. The van der Waals surface area contributed by atoms with E-state index in [2.05, 4.69) is 4.98 Å². The molecule has 0 aromatic carbocycles. The summed E-state index contributed by atoms with van der Waals surface area (Å²) in [5.41, 5.74) is 5.95. The zero-order valence-electron chi connectivity index (χ0n) is 10.2. The van der Waals surface area contributed by atoms with E-state index >= 15 is 0 Å². The van der Waals surface area contributed by atoms with E-state index in [1.165, 1.54) is 12.3 Å². The van der Waals surface area contributed by atoms with Crippen LogP contribution in [-0.2, 0) is 0 Å². The Labute approximate surface area is 105 Å². The summed E-state index contributed by atoms with van der Waals surface area (Å²) >= 11 is 0. The quantitative estimate of drug-likeness (QED) is 0.710. The molecule has 1 aliphatic rings. The zero-order chi connectivity index (χ0) is 13.3. The molecule has 0 radical (unpaired) electrons. The van der Waals surface area contributed by atoms with Crippen LogP contribution in [0.1, 0.15) is 23.7 Å². The fourth-order valence-electron chi connectivity index (χ4n) is 2.12. The van der Waals surface area contributed by atoms with Crippen LogP contribution in [0.3, 0.4) is 0 Å². The molecular weight excluding hydrogens is 234 g/mol. The minimum absolute atomic E-state index is 0.0803. The molecule has 1 aromatic rings. The van der Waals surface area contributed by atoms with Crippen LogP contribution in [0.25, 0.3) is 0 Å². The van der Waals surface area contributed by atoms with Crippen molar-refractivity contribution in [2.75, 3.05) is 23.7 Å². The summed E-state index contributed by atoms with van der Waals surface area (Å²) in [5, 5.41) is 19.0. The number of nitrogen functional groups attached to an aromatic ring is 1. The first kappa shape index (κ1) is 12.6. The van der Waals surface area contributed by atoms with E-state index < -0.39 is 12.1 Å². The Bertz CT molecular complexity index is 464. The Morgan fingerprint density at radius 2 is 2.33 bits per heavy atom. The minimum Gasteiger partial charge on any atom is -0.478 e. The van der Waals surface area contributed by atoms with Gasteiger partial charge in [0.2, 0.25) is 0 Å². The van der Waals surface area contributed by atoms with E-state index in [4.69, 9.17) is 10.8 Å². The number of aliphatic hydroxyl groups is 1. The van der Waals surface area contributed by atoms with E-state index in [0.29, 0.717) is 24.6 Å². The summed E-state index contributed by atoms with van der Waals surface area (Å²) in [6, 6.07) is 1.40. The fourth-order valence-corrected chi connectivity index (χ4v) is 2.12. The lowest BCUT2D eigenvalue weighted by molar-refractivity contribution is 0.0695. The molecule has 0 aliphatic carbocycles. The maximum absolute atomic E-state index is 11.2. The Kier molecular flexibility index (Phi) is 3.38. The van der Waals surface area contributed by atoms with Gasteiger partial charge in [-0.1, -0.05) is 6.92 Å². The van der Waals surface area contributed by atoms with Crippen molar-refractivity contribution in [3.8, 4) is 0 Å². The highest BCUT2D eigenvalue weighted by Gasteiger charge is 2.27. The van der Waals surface area contributed by atoms with Gasteiger partial charge in [-0.25, -0.2) is 9.78 Å². The van der Waals surface area contributed by atoms with Crippen LogP contribution in [0, 0.1) is 5.92 Å². The highest BCUT2D eigenvalue weighted by molar-refractivity contribution is 5.94. The molecule has 18 heavy (non-hydrogen) atoms. The maximum Gasteiger partial charge on any atom is 0.339 e. The third-order valence-electron chi connectivity index (χ3n) is 3.34. The lowest BCUT2D eigenvalue weighted by Crippen LogP contribution is -2.43. The average molecular weight is 251 g/mol. The van der Waals surface area contributed by atoms with Gasteiger partial charge < -0.3 is 20.8 Å². The van der Waals surface area contributed by atoms with Gasteiger partial charge in [-0.15, -0.1) is 0 Å². The molecule has 1 aliphatic heterocycles. The normalized spacial score (nSPS) is 24.0. The summed E-state index contributed by atoms with van der Waals surface area (Å²) in [4.78, 5) is 17.1. The molecule has 0 saturated carbocycles. The molecule has 0 bridgehead atoms. The van der Waals surface area contributed by atoms with Crippen molar-refractivity contribution >= 4 is 17.5 Å². The van der Waals surface area contributed by atoms with Crippen LogP contribution >= 0.6 is 0 Å².